The lowest BCUT2D eigenvalue weighted by Gasteiger charge is -2.05. The Hall–Kier alpha value is -2.96. The molecule has 0 saturated heterocycles. The number of nitrogens with one attached hydrogen (secondary N) is 1. The molecule has 0 unspecified atom stereocenters. The zero-order valence-corrected chi connectivity index (χ0v) is 11.1. The van der Waals surface area contributed by atoms with E-state index in [1.165, 1.54) is 12.3 Å². The number of pyridine rings is 1. The lowest BCUT2D eigenvalue weighted by atomic mass is 10.2. The normalized spacial score (nSPS) is 10.7. The number of aliphatic carboxylic acids is 1. The van der Waals surface area contributed by atoms with Gasteiger partial charge in [-0.2, -0.15) is 0 Å². The van der Waals surface area contributed by atoms with Crippen LogP contribution in [0.3, 0.4) is 0 Å². The maximum atomic E-state index is 11.8. The molecule has 7 heteroatoms. The van der Waals surface area contributed by atoms with Gasteiger partial charge in [0.05, 0.1) is 6.33 Å². The Morgan fingerprint density at radius 2 is 2.24 bits per heavy atom. The van der Waals surface area contributed by atoms with E-state index in [1.54, 1.807) is 35.4 Å². The van der Waals surface area contributed by atoms with Crippen molar-refractivity contribution in [2.75, 3.05) is 5.32 Å². The van der Waals surface area contributed by atoms with Crippen LogP contribution in [-0.2, 0) is 16.1 Å². The highest BCUT2D eigenvalue weighted by atomic mass is 16.4. The molecule has 7 nitrogen and oxygen atoms in total. The molecule has 0 radical (unpaired) electrons. The summed E-state index contributed by atoms with van der Waals surface area (Å²) in [5, 5.41) is 11.2. The number of carbonyl (C=O) groups excluding carboxylic acids is 1. The second kappa shape index (κ2) is 6.99. The van der Waals surface area contributed by atoms with Crippen molar-refractivity contribution in [2.24, 2.45) is 0 Å². The first-order chi connectivity index (χ1) is 10.1. The van der Waals surface area contributed by atoms with Crippen LogP contribution < -0.4 is 5.32 Å². The molecule has 21 heavy (non-hydrogen) atoms. The quantitative estimate of drug-likeness (QED) is 0.782. The predicted molar refractivity (Wildman–Crippen MR) is 76.4 cm³/mol. The number of rotatable bonds is 6. The number of aryl methyl sites for hydroxylation is 1. The second-order valence-electron chi connectivity index (χ2n) is 4.24. The summed E-state index contributed by atoms with van der Waals surface area (Å²) >= 11 is 0. The van der Waals surface area contributed by atoms with Crippen molar-refractivity contribution >= 4 is 23.8 Å². The molecule has 2 aromatic rings. The molecular formula is C14H14N4O3. The van der Waals surface area contributed by atoms with E-state index in [0.717, 1.165) is 6.08 Å². The van der Waals surface area contributed by atoms with Gasteiger partial charge in [-0.15, -0.1) is 0 Å². The first kappa shape index (κ1) is 14.4. The third-order valence-electron chi connectivity index (χ3n) is 2.63. The minimum absolute atomic E-state index is 0.171. The summed E-state index contributed by atoms with van der Waals surface area (Å²) in [6.45, 7) is 0.532. The Balaban J connectivity index is 1.91. The zero-order valence-electron chi connectivity index (χ0n) is 11.1. The van der Waals surface area contributed by atoms with E-state index in [-0.39, 0.29) is 5.91 Å². The van der Waals surface area contributed by atoms with Crippen LogP contribution in [0.25, 0.3) is 6.08 Å². The Kier molecular flexibility index (Phi) is 4.81. The summed E-state index contributed by atoms with van der Waals surface area (Å²) in [5.74, 6) is -0.813. The first-order valence-electron chi connectivity index (χ1n) is 6.26. The highest BCUT2D eigenvalue weighted by molar-refractivity contribution is 5.90. The predicted octanol–water partition coefficient (Wildman–Crippen LogP) is 1.40. The van der Waals surface area contributed by atoms with Crippen LogP contribution in [-0.4, -0.2) is 31.5 Å². The lowest BCUT2D eigenvalue weighted by molar-refractivity contribution is -0.131. The highest BCUT2D eigenvalue weighted by Gasteiger charge is 2.04. The van der Waals surface area contributed by atoms with Crippen LogP contribution >= 0.6 is 0 Å². The zero-order chi connectivity index (χ0) is 15.1. The van der Waals surface area contributed by atoms with Crippen molar-refractivity contribution in [1.29, 1.82) is 0 Å². The van der Waals surface area contributed by atoms with Gasteiger partial charge < -0.3 is 15.0 Å². The van der Waals surface area contributed by atoms with Crippen LogP contribution in [0, 0.1) is 0 Å². The molecule has 0 bridgehead atoms. The topological polar surface area (TPSA) is 97.1 Å². The van der Waals surface area contributed by atoms with Crippen molar-refractivity contribution in [1.82, 2.24) is 14.5 Å². The number of carboxylic acids is 1. The number of aromatic nitrogens is 3. The van der Waals surface area contributed by atoms with E-state index in [2.05, 4.69) is 15.3 Å². The largest absolute Gasteiger partial charge is 0.478 e. The van der Waals surface area contributed by atoms with E-state index in [9.17, 15) is 9.59 Å². The third kappa shape index (κ3) is 4.90. The monoisotopic (exact) mass is 286 g/mol. The molecular weight excluding hydrogens is 272 g/mol. The number of anilines is 1. The van der Waals surface area contributed by atoms with Crippen molar-refractivity contribution < 1.29 is 14.7 Å². The summed E-state index contributed by atoms with van der Waals surface area (Å²) in [6.07, 6.45) is 9.34. The fourth-order valence-electron chi connectivity index (χ4n) is 1.64. The van der Waals surface area contributed by atoms with Gasteiger partial charge in [0, 0.05) is 37.6 Å². The summed E-state index contributed by atoms with van der Waals surface area (Å²) in [5.41, 5.74) is 0.650. The van der Waals surface area contributed by atoms with Crippen LogP contribution in [0.4, 0.5) is 5.82 Å². The van der Waals surface area contributed by atoms with Crippen molar-refractivity contribution in [3.63, 3.8) is 0 Å². The van der Waals surface area contributed by atoms with Gasteiger partial charge in [0.1, 0.15) is 5.82 Å². The molecule has 0 atom stereocenters. The molecule has 108 valence electrons. The second-order valence-corrected chi connectivity index (χ2v) is 4.24. The van der Waals surface area contributed by atoms with Gasteiger partial charge in [0.25, 0.3) is 0 Å². The molecule has 0 fully saturated rings. The van der Waals surface area contributed by atoms with E-state index in [4.69, 9.17) is 5.11 Å². The summed E-state index contributed by atoms with van der Waals surface area (Å²) in [6, 6.07) is 3.26. The summed E-state index contributed by atoms with van der Waals surface area (Å²) in [4.78, 5) is 30.2. The fourth-order valence-corrected chi connectivity index (χ4v) is 1.64. The SMILES string of the molecule is O=C(O)/C=C/c1ccnc(NC(=O)CCn2ccnc2)c1. The highest BCUT2D eigenvalue weighted by Crippen LogP contribution is 2.09. The smallest absolute Gasteiger partial charge is 0.328 e. The Bertz CT molecular complexity index is 650. The van der Waals surface area contributed by atoms with E-state index in [0.29, 0.717) is 24.3 Å². The van der Waals surface area contributed by atoms with Gasteiger partial charge in [0.2, 0.25) is 5.91 Å². The van der Waals surface area contributed by atoms with Crippen LogP contribution in [0.2, 0.25) is 0 Å². The van der Waals surface area contributed by atoms with Crippen molar-refractivity contribution in [2.45, 2.75) is 13.0 Å². The fraction of sp³-hybridized carbons (Fsp3) is 0.143. The van der Waals surface area contributed by atoms with Gasteiger partial charge in [-0.05, 0) is 23.8 Å². The number of carboxylic acid groups (broad SMARTS) is 1. The minimum atomic E-state index is -1.03. The maximum Gasteiger partial charge on any atom is 0.328 e. The van der Waals surface area contributed by atoms with Gasteiger partial charge >= 0.3 is 5.97 Å². The van der Waals surface area contributed by atoms with Gasteiger partial charge in [0.15, 0.2) is 0 Å². The van der Waals surface area contributed by atoms with E-state index in [1.807, 2.05) is 0 Å². The molecule has 2 heterocycles. The Morgan fingerprint density at radius 1 is 1.38 bits per heavy atom. The molecule has 2 aromatic heterocycles. The third-order valence-corrected chi connectivity index (χ3v) is 2.63. The van der Waals surface area contributed by atoms with Crippen molar-refractivity contribution in [3.8, 4) is 0 Å². The summed E-state index contributed by atoms with van der Waals surface area (Å²) in [7, 11) is 0. The van der Waals surface area contributed by atoms with Crippen LogP contribution in [0.15, 0.2) is 43.1 Å². The van der Waals surface area contributed by atoms with Crippen LogP contribution in [0.5, 0.6) is 0 Å². The number of hydrogen-bond acceptors (Lipinski definition) is 4. The molecule has 2 N–H and O–H groups in total. The number of hydrogen-bond donors (Lipinski definition) is 2. The Morgan fingerprint density at radius 3 is 2.95 bits per heavy atom. The number of carbonyl (C=O) groups is 2. The van der Waals surface area contributed by atoms with Gasteiger partial charge in [-0.3, -0.25) is 4.79 Å². The molecule has 0 spiro atoms. The summed E-state index contributed by atoms with van der Waals surface area (Å²) < 4.78 is 1.80. The van der Waals surface area contributed by atoms with Gasteiger partial charge in [-0.1, -0.05) is 0 Å². The molecule has 0 saturated carbocycles. The molecule has 1 amide bonds. The van der Waals surface area contributed by atoms with Gasteiger partial charge in [-0.25, -0.2) is 14.8 Å². The average Bonchev–Trinajstić information content (AvgIpc) is 2.97. The first-order valence-corrected chi connectivity index (χ1v) is 6.26. The van der Waals surface area contributed by atoms with Crippen LogP contribution in [0.1, 0.15) is 12.0 Å². The minimum Gasteiger partial charge on any atom is -0.478 e. The maximum absolute atomic E-state index is 11.8. The lowest BCUT2D eigenvalue weighted by Crippen LogP contribution is -2.14. The molecule has 0 aromatic carbocycles. The number of imidazole rings is 1. The number of nitrogens with zero attached hydrogens (tertiary/aromatic N) is 3. The molecule has 0 aliphatic heterocycles. The molecule has 0 aliphatic carbocycles. The molecule has 0 aliphatic rings. The van der Waals surface area contributed by atoms with E-state index >= 15 is 0 Å². The Labute approximate surface area is 121 Å². The average molecular weight is 286 g/mol. The number of amides is 1. The van der Waals surface area contributed by atoms with Crippen molar-refractivity contribution in [3.05, 3.63) is 48.7 Å². The van der Waals surface area contributed by atoms with E-state index < -0.39 is 5.97 Å². The standard InChI is InChI=1S/C14H14N4O3/c19-13(4-7-18-8-6-15-10-18)17-12-9-11(3-5-16-12)1-2-14(20)21/h1-3,5-6,8-10H,4,7H2,(H,20,21)(H,16,17,19)/b2-1+. The molecule has 2 rings (SSSR count).